The smallest absolute Gasteiger partial charge is 0.180 e. The zero-order chi connectivity index (χ0) is 12.4. The molecule has 0 radical (unpaired) electrons. The quantitative estimate of drug-likeness (QED) is 0.881. The van der Waals surface area contributed by atoms with Crippen molar-refractivity contribution < 1.29 is 14.6 Å². The largest absolute Gasteiger partial charge is 0.493 e. The summed E-state index contributed by atoms with van der Waals surface area (Å²) in [4.78, 5) is 0. The molecule has 94 valence electrons. The maximum atomic E-state index is 9.37. The van der Waals surface area contributed by atoms with E-state index in [1.54, 1.807) is 14.0 Å². The first-order chi connectivity index (χ1) is 8.10. The second-order valence-corrected chi connectivity index (χ2v) is 4.89. The van der Waals surface area contributed by atoms with Crippen LogP contribution in [0.4, 0.5) is 0 Å². The molecule has 0 saturated heterocycles. The van der Waals surface area contributed by atoms with Crippen LogP contribution in [-0.4, -0.2) is 24.4 Å². The first kappa shape index (κ1) is 12.5. The lowest BCUT2D eigenvalue weighted by molar-refractivity contribution is 0.195. The van der Waals surface area contributed by atoms with Gasteiger partial charge < -0.3 is 14.6 Å². The average Bonchev–Trinajstić information content (AvgIpc) is 3.04. The molecule has 1 unspecified atom stereocenters. The Labute approximate surface area is 106 Å². The molecule has 1 aromatic carbocycles. The van der Waals surface area contributed by atoms with Crippen molar-refractivity contribution in [1.82, 2.24) is 0 Å². The van der Waals surface area contributed by atoms with Gasteiger partial charge in [0.05, 0.1) is 24.3 Å². The van der Waals surface area contributed by atoms with Gasteiger partial charge in [0.1, 0.15) is 0 Å². The van der Waals surface area contributed by atoms with Gasteiger partial charge in [0.15, 0.2) is 11.5 Å². The molecule has 0 amide bonds. The minimum Gasteiger partial charge on any atom is -0.493 e. The molecule has 4 heteroatoms. The number of hydrogen-bond acceptors (Lipinski definition) is 3. The SMILES string of the molecule is COc1cc(CC(C)O)cc(Cl)c1OC1CC1. The summed E-state index contributed by atoms with van der Waals surface area (Å²) in [5.41, 5.74) is 0.949. The van der Waals surface area contributed by atoms with Crippen molar-refractivity contribution in [2.24, 2.45) is 0 Å². The molecule has 1 N–H and O–H groups in total. The number of benzene rings is 1. The standard InChI is InChI=1S/C13H17ClO3/c1-8(15)5-9-6-11(14)13(12(7-9)16-2)17-10-3-4-10/h6-8,10,15H,3-5H2,1-2H3. The van der Waals surface area contributed by atoms with E-state index in [0.29, 0.717) is 22.9 Å². The Balaban J connectivity index is 2.25. The fourth-order valence-electron chi connectivity index (χ4n) is 1.70. The third-order valence-corrected chi connectivity index (χ3v) is 2.91. The molecule has 1 atom stereocenters. The van der Waals surface area contributed by atoms with Gasteiger partial charge in [-0.25, -0.2) is 0 Å². The number of halogens is 1. The third-order valence-electron chi connectivity index (χ3n) is 2.63. The van der Waals surface area contributed by atoms with E-state index in [0.717, 1.165) is 18.4 Å². The number of ether oxygens (including phenoxy) is 2. The Kier molecular flexibility index (Phi) is 3.79. The predicted octanol–water partition coefficient (Wildman–Crippen LogP) is 2.81. The molecule has 17 heavy (non-hydrogen) atoms. The molecule has 2 rings (SSSR count). The van der Waals surface area contributed by atoms with Gasteiger partial charge in [0, 0.05) is 0 Å². The highest BCUT2D eigenvalue weighted by molar-refractivity contribution is 6.32. The van der Waals surface area contributed by atoms with Crippen LogP contribution in [0.25, 0.3) is 0 Å². The maximum absolute atomic E-state index is 9.37. The minimum atomic E-state index is -0.397. The van der Waals surface area contributed by atoms with Crippen molar-refractivity contribution in [1.29, 1.82) is 0 Å². The highest BCUT2D eigenvalue weighted by Gasteiger charge is 2.26. The summed E-state index contributed by atoms with van der Waals surface area (Å²) in [6, 6.07) is 3.70. The van der Waals surface area contributed by atoms with Crippen molar-refractivity contribution in [3.63, 3.8) is 0 Å². The molecule has 0 heterocycles. The Bertz CT molecular complexity index is 400. The van der Waals surface area contributed by atoms with Crippen LogP contribution in [-0.2, 0) is 6.42 Å². The summed E-state index contributed by atoms with van der Waals surface area (Å²) in [5, 5.41) is 9.92. The first-order valence-electron chi connectivity index (χ1n) is 5.81. The monoisotopic (exact) mass is 256 g/mol. The zero-order valence-electron chi connectivity index (χ0n) is 10.1. The molecule has 1 aliphatic carbocycles. The van der Waals surface area contributed by atoms with Crippen LogP contribution in [0.2, 0.25) is 5.02 Å². The van der Waals surface area contributed by atoms with Crippen LogP contribution in [0.5, 0.6) is 11.5 Å². The Hall–Kier alpha value is -0.930. The Morgan fingerprint density at radius 2 is 2.18 bits per heavy atom. The average molecular weight is 257 g/mol. The summed E-state index contributed by atoms with van der Waals surface area (Å²) in [6.45, 7) is 1.75. The number of aliphatic hydroxyl groups is 1. The Morgan fingerprint density at radius 3 is 2.71 bits per heavy atom. The van der Waals surface area contributed by atoms with Gasteiger partial charge >= 0.3 is 0 Å². The normalized spacial score (nSPS) is 16.7. The van der Waals surface area contributed by atoms with Crippen LogP contribution in [0.1, 0.15) is 25.3 Å². The van der Waals surface area contributed by atoms with E-state index >= 15 is 0 Å². The Morgan fingerprint density at radius 1 is 1.47 bits per heavy atom. The second kappa shape index (κ2) is 5.15. The van der Waals surface area contributed by atoms with Gasteiger partial charge in [-0.05, 0) is 43.9 Å². The zero-order valence-corrected chi connectivity index (χ0v) is 10.8. The van der Waals surface area contributed by atoms with E-state index in [-0.39, 0.29) is 6.10 Å². The molecule has 3 nitrogen and oxygen atoms in total. The minimum absolute atomic E-state index is 0.281. The number of hydrogen-bond donors (Lipinski definition) is 1. The van der Waals surface area contributed by atoms with Crippen molar-refractivity contribution >= 4 is 11.6 Å². The summed E-state index contributed by atoms with van der Waals surface area (Å²) in [7, 11) is 1.59. The third kappa shape index (κ3) is 3.27. The van der Waals surface area contributed by atoms with Crippen LogP contribution in [0.3, 0.4) is 0 Å². The molecular weight excluding hydrogens is 240 g/mol. The van der Waals surface area contributed by atoms with Gasteiger partial charge in [-0.3, -0.25) is 0 Å². The van der Waals surface area contributed by atoms with E-state index in [1.807, 2.05) is 12.1 Å². The van der Waals surface area contributed by atoms with Gasteiger partial charge in [0.2, 0.25) is 0 Å². The van der Waals surface area contributed by atoms with Crippen LogP contribution < -0.4 is 9.47 Å². The van der Waals surface area contributed by atoms with Gasteiger partial charge in [-0.2, -0.15) is 0 Å². The molecule has 1 aromatic rings. The lowest BCUT2D eigenvalue weighted by Crippen LogP contribution is -2.05. The van der Waals surface area contributed by atoms with Gasteiger partial charge in [-0.15, -0.1) is 0 Å². The number of rotatable bonds is 5. The molecule has 1 fully saturated rings. The molecule has 1 saturated carbocycles. The highest BCUT2D eigenvalue weighted by Crippen LogP contribution is 2.40. The van der Waals surface area contributed by atoms with E-state index in [2.05, 4.69) is 0 Å². The fourth-order valence-corrected chi connectivity index (χ4v) is 1.98. The van der Waals surface area contributed by atoms with Crippen LogP contribution >= 0.6 is 11.6 Å². The van der Waals surface area contributed by atoms with E-state index in [1.165, 1.54) is 0 Å². The number of aliphatic hydroxyl groups excluding tert-OH is 1. The molecule has 0 aromatic heterocycles. The van der Waals surface area contributed by atoms with Crippen LogP contribution in [0.15, 0.2) is 12.1 Å². The second-order valence-electron chi connectivity index (χ2n) is 4.48. The molecular formula is C13H17ClO3. The van der Waals surface area contributed by atoms with E-state index < -0.39 is 6.10 Å². The van der Waals surface area contributed by atoms with Gasteiger partial charge in [0.25, 0.3) is 0 Å². The summed E-state index contributed by atoms with van der Waals surface area (Å²) in [5.74, 6) is 1.26. The first-order valence-corrected chi connectivity index (χ1v) is 6.19. The highest BCUT2D eigenvalue weighted by atomic mass is 35.5. The molecule has 0 bridgehead atoms. The topological polar surface area (TPSA) is 38.7 Å². The fraction of sp³-hybridized carbons (Fsp3) is 0.538. The van der Waals surface area contributed by atoms with Crippen LogP contribution in [0, 0.1) is 0 Å². The maximum Gasteiger partial charge on any atom is 0.180 e. The van der Waals surface area contributed by atoms with Crippen molar-refractivity contribution in [3.8, 4) is 11.5 Å². The molecule has 1 aliphatic rings. The van der Waals surface area contributed by atoms with Crippen molar-refractivity contribution in [2.45, 2.75) is 38.4 Å². The number of methoxy groups -OCH3 is 1. The lowest BCUT2D eigenvalue weighted by Gasteiger charge is -2.14. The molecule has 0 spiro atoms. The van der Waals surface area contributed by atoms with E-state index in [4.69, 9.17) is 21.1 Å². The van der Waals surface area contributed by atoms with E-state index in [9.17, 15) is 5.11 Å². The predicted molar refractivity (Wildman–Crippen MR) is 67.0 cm³/mol. The summed E-state index contributed by atoms with van der Waals surface area (Å²) < 4.78 is 11.0. The summed E-state index contributed by atoms with van der Waals surface area (Å²) >= 11 is 6.18. The summed E-state index contributed by atoms with van der Waals surface area (Å²) in [6.07, 6.45) is 2.60. The van der Waals surface area contributed by atoms with Crippen molar-refractivity contribution in [3.05, 3.63) is 22.7 Å². The lowest BCUT2D eigenvalue weighted by atomic mass is 10.1. The van der Waals surface area contributed by atoms with Gasteiger partial charge in [-0.1, -0.05) is 11.6 Å². The van der Waals surface area contributed by atoms with Crippen molar-refractivity contribution in [2.75, 3.05) is 7.11 Å². The molecule has 0 aliphatic heterocycles.